The molecule has 1 aromatic carbocycles. The summed E-state index contributed by atoms with van der Waals surface area (Å²) in [5.74, 6) is 1.64. The van der Waals surface area contributed by atoms with Crippen molar-refractivity contribution >= 4 is 5.91 Å². The minimum atomic E-state index is -0.0212. The van der Waals surface area contributed by atoms with Crippen molar-refractivity contribution in [3.05, 3.63) is 29.8 Å². The molecule has 1 atom stereocenters. The van der Waals surface area contributed by atoms with E-state index < -0.39 is 0 Å². The lowest BCUT2D eigenvalue weighted by atomic mass is 9.94. The molecule has 4 heteroatoms. The molecule has 0 aliphatic rings. The molecule has 0 spiro atoms. The van der Waals surface area contributed by atoms with Crippen LogP contribution in [0.1, 0.15) is 32.8 Å². The maximum absolute atomic E-state index is 11.9. The van der Waals surface area contributed by atoms with Crippen LogP contribution in [0.5, 0.6) is 5.75 Å². The van der Waals surface area contributed by atoms with Crippen LogP contribution in [-0.4, -0.2) is 24.2 Å². The van der Waals surface area contributed by atoms with Crippen molar-refractivity contribution in [3.63, 3.8) is 0 Å². The molecule has 0 fully saturated rings. The highest BCUT2D eigenvalue weighted by Gasteiger charge is 2.12. The zero-order valence-electron chi connectivity index (χ0n) is 12.6. The molecule has 4 nitrogen and oxygen atoms in total. The van der Waals surface area contributed by atoms with Gasteiger partial charge in [0.15, 0.2) is 0 Å². The highest BCUT2D eigenvalue weighted by atomic mass is 16.5. The van der Waals surface area contributed by atoms with Crippen LogP contribution >= 0.6 is 0 Å². The molecule has 0 saturated heterocycles. The maximum atomic E-state index is 11.9. The van der Waals surface area contributed by atoms with Gasteiger partial charge in [0, 0.05) is 18.5 Å². The number of para-hydroxylation sites is 1. The summed E-state index contributed by atoms with van der Waals surface area (Å²) in [6.45, 7) is 7.02. The Bertz CT molecular complexity index is 418. The van der Waals surface area contributed by atoms with Gasteiger partial charge in [0.25, 0.3) is 0 Å². The van der Waals surface area contributed by atoms with E-state index >= 15 is 0 Å². The molecule has 1 aromatic rings. The van der Waals surface area contributed by atoms with E-state index in [2.05, 4.69) is 26.1 Å². The third-order valence-electron chi connectivity index (χ3n) is 3.44. The molecular weight excluding hydrogens is 254 g/mol. The number of hydrogen-bond acceptors (Lipinski definition) is 3. The van der Waals surface area contributed by atoms with Gasteiger partial charge in [0.1, 0.15) is 12.4 Å². The van der Waals surface area contributed by atoms with E-state index in [9.17, 15) is 4.79 Å². The molecule has 0 heterocycles. The zero-order valence-corrected chi connectivity index (χ0v) is 12.6. The summed E-state index contributed by atoms with van der Waals surface area (Å²) in [5, 5.41) is 11.7. The quantitative estimate of drug-likeness (QED) is 0.768. The topological polar surface area (TPSA) is 58.6 Å². The molecule has 0 saturated carbocycles. The summed E-state index contributed by atoms with van der Waals surface area (Å²) in [5.41, 5.74) is 0.923. The number of carbonyl (C=O) groups excluding carboxylic acids is 1. The zero-order chi connectivity index (χ0) is 15.0. The number of benzene rings is 1. The van der Waals surface area contributed by atoms with Gasteiger partial charge in [-0.3, -0.25) is 4.79 Å². The van der Waals surface area contributed by atoms with Gasteiger partial charge in [-0.2, -0.15) is 0 Å². The molecule has 1 unspecified atom stereocenters. The van der Waals surface area contributed by atoms with E-state index in [1.54, 1.807) is 0 Å². The smallest absolute Gasteiger partial charge is 0.220 e. The number of rotatable bonds is 8. The highest BCUT2D eigenvalue weighted by molar-refractivity contribution is 5.76. The largest absolute Gasteiger partial charge is 0.491 e. The predicted molar refractivity (Wildman–Crippen MR) is 79.5 cm³/mol. The number of aliphatic hydroxyl groups is 1. The first-order valence-corrected chi connectivity index (χ1v) is 7.12. The summed E-state index contributed by atoms with van der Waals surface area (Å²) in [6.07, 6.45) is 0.539. The molecule has 0 radical (unpaired) electrons. The fourth-order valence-electron chi connectivity index (χ4n) is 1.74. The molecule has 2 N–H and O–H groups in total. The van der Waals surface area contributed by atoms with Gasteiger partial charge in [-0.1, -0.05) is 39.0 Å². The second kappa shape index (κ2) is 8.59. The van der Waals surface area contributed by atoms with Crippen LogP contribution in [0.15, 0.2) is 24.3 Å². The monoisotopic (exact) mass is 279 g/mol. The summed E-state index contributed by atoms with van der Waals surface area (Å²) in [4.78, 5) is 11.9. The number of aliphatic hydroxyl groups excluding tert-OH is 1. The standard InChI is InChI=1S/C16H25NO3/c1-12(2)13(3)10-16(19)17-11-14-6-4-5-7-15(14)20-9-8-18/h4-7,12-13,18H,8-11H2,1-3H3,(H,17,19). The van der Waals surface area contributed by atoms with Crippen LogP contribution < -0.4 is 10.1 Å². The van der Waals surface area contributed by atoms with Crippen LogP contribution in [0.3, 0.4) is 0 Å². The number of nitrogens with one attached hydrogen (secondary N) is 1. The molecule has 0 aliphatic carbocycles. The average Bonchev–Trinajstić information content (AvgIpc) is 2.43. The van der Waals surface area contributed by atoms with Crippen LogP contribution in [0.25, 0.3) is 0 Å². The number of hydrogen-bond donors (Lipinski definition) is 2. The van der Waals surface area contributed by atoms with E-state index in [4.69, 9.17) is 9.84 Å². The second-order valence-corrected chi connectivity index (χ2v) is 5.38. The molecule has 0 aliphatic heterocycles. The minimum Gasteiger partial charge on any atom is -0.491 e. The molecule has 0 bridgehead atoms. The van der Waals surface area contributed by atoms with E-state index in [-0.39, 0.29) is 19.1 Å². The van der Waals surface area contributed by atoms with E-state index in [1.165, 1.54) is 0 Å². The molecule has 0 aromatic heterocycles. The Balaban J connectivity index is 2.50. The van der Waals surface area contributed by atoms with Crippen LogP contribution in [0, 0.1) is 11.8 Å². The third kappa shape index (κ3) is 5.61. The van der Waals surface area contributed by atoms with Crippen molar-refractivity contribution in [1.29, 1.82) is 0 Å². The Morgan fingerprint density at radius 2 is 2.00 bits per heavy atom. The maximum Gasteiger partial charge on any atom is 0.220 e. The minimum absolute atomic E-state index is 0.0212. The van der Waals surface area contributed by atoms with Crippen molar-refractivity contribution in [2.24, 2.45) is 11.8 Å². The van der Waals surface area contributed by atoms with Gasteiger partial charge in [-0.05, 0) is 17.9 Å². The SMILES string of the molecule is CC(C)C(C)CC(=O)NCc1ccccc1OCCO. The fraction of sp³-hybridized carbons (Fsp3) is 0.562. The predicted octanol–water partition coefficient (Wildman–Crippen LogP) is 2.36. The van der Waals surface area contributed by atoms with Crippen LogP contribution in [0.4, 0.5) is 0 Å². The van der Waals surface area contributed by atoms with Gasteiger partial charge in [-0.25, -0.2) is 0 Å². The lowest BCUT2D eigenvalue weighted by Crippen LogP contribution is -2.26. The Morgan fingerprint density at radius 1 is 1.30 bits per heavy atom. The molecule has 20 heavy (non-hydrogen) atoms. The Labute approximate surface area is 121 Å². The highest BCUT2D eigenvalue weighted by Crippen LogP contribution is 2.18. The van der Waals surface area contributed by atoms with Crippen LogP contribution in [-0.2, 0) is 11.3 Å². The lowest BCUT2D eigenvalue weighted by Gasteiger charge is -2.16. The van der Waals surface area contributed by atoms with Crippen molar-refractivity contribution < 1.29 is 14.6 Å². The molecule has 1 amide bonds. The van der Waals surface area contributed by atoms with E-state index in [1.807, 2.05) is 24.3 Å². The van der Waals surface area contributed by atoms with E-state index in [0.29, 0.717) is 30.6 Å². The van der Waals surface area contributed by atoms with E-state index in [0.717, 1.165) is 5.56 Å². The van der Waals surface area contributed by atoms with Crippen molar-refractivity contribution in [2.75, 3.05) is 13.2 Å². The molecular formula is C16H25NO3. The lowest BCUT2D eigenvalue weighted by molar-refractivity contribution is -0.122. The molecule has 1 rings (SSSR count). The summed E-state index contributed by atoms with van der Waals surface area (Å²) in [6, 6.07) is 7.54. The van der Waals surface area contributed by atoms with Crippen molar-refractivity contribution in [3.8, 4) is 5.75 Å². The number of ether oxygens (including phenoxy) is 1. The second-order valence-electron chi connectivity index (χ2n) is 5.38. The first kappa shape index (κ1) is 16.5. The van der Waals surface area contributed by atoms with Gasteiger partial charge >= 0.3 is 0 Å². The summed E-state index contributed by atoms with van der Waals surface area (Å²) >= 11 is 0. The van der Waals surface area contributed by atoms with Crippen molar-refractivity contribution in [2.45, 2.75) is 33.7 Å². The van der Waals surface area contributed by atoms with Gasteiger partial charge in [-0.15, -0.1) is 0 Å². The third-order valence-corrected chi connectivity index (χ3v) is 3.44. The summed E-state index contributed by atoms with van der Waals surface area (Å²) < 4.78 is 5.44. The Morgan fingerprint density at radius 3 is 2.65 bits per heavy atom. The average molecular weight is 279 g/mol. The molecule has 112 valence electrons. The summed E-state index contributed by atoms with van der Waals surface area (Å²) in [7, 11) is 0. The first-order valence-electron chi connectivity index (χ1n) is 7.12. The first-order chi connectivity index (χ1) is 9.54. The fourth-order valence-corrected chi connectivity index (χ4v) is 1.74. The van der Waals surface area contributed by atoms with Crippen LogP contribution in [0.2, 0.25) is 0 Å². The number of carbonyl (C=O) groups is 1. The number of amides is 1. The van der Waals surface area contributed by atoms with Gasteiger partial charge in [0.05, 0.1) is 6.61 Å². The van der Waals surface area contributed by atoms with Gasteiger partial charge < -0.3 is 15.2 Å². The Kier molecular flexibility index (Phi) is 7.09. The van der Waals surface area contributed by atoms with Crippen molar-refractivity contribution in [1.82, 2.24) is 5.32 Å². The Hall–Kier alpha value is -1.55. The van der Waals surface area contributed by atoms with Gasteiger partial charge in [0.2, 0.25) is 5.91 Å². The normalized spacial score (nSPS) is 12.2.